The number of Topliss-reactive ketones (excluding diaryl/α,β-unsaturated/α-hetero) is 1. The molecule has 0 bridgehead atoms. The van der Waals surface area contributed by atoms with Gasteiger partial charge in [-0.2, -0.15) is 5.26 Å². The highest BCUT2D eigenvalue weighted by atomic mass is 35.5. The first-order chi connectivity index (χ1) is 6.57. The van der Waals surface area contributed by atoms with Gasteiger partial charge in [-0.25, -0.2) is 0 Å². The fourth-order valence-electron chi connectivity index (χ4n) is 1.27. The van der Waals surface area contributed by atoms with E-state index in [9.17, 15) is 4.79 Å². The molecule has 72 valence electrons. The lowest BCUT2D eigenvalue weighted by Gasteiger charge is -2.09. The number of alkyl halides is 1. The molecule has 0 aliphatic rings. The molecule has 0 heterocycles. The highest BCUT2D eigenvalue weighted by Gasteiger charge is 2.17. The van der Waals surface area contributed by atoms with Crippen molar-refractivity contribution < 1.29 is 4.79 Å². The number of nitriles is 1. The van der Waals surface area contributed by atoms with Crippen LogP contribution in [0.2, 0.25) is 0 Å². The molecule has 3 heteroatoms. The number of rotatable bonds is 2. The second kappa shape index (κ2) is 4.26. The smallest absolute Gasteiger partial charge is 0.152 e. The van der Waals surface area contributed by atoms with Crippen LogP contribution >= 0.6 is 11.6 Å². The summed E-state index contributed by atoms with van der Waals surface area (Å²) < 4.78 is 0. The number of hydrogen-bond acceptors (Lipinski definition) is 2. The molecular formula is C11H10ClNO. The van der Waals surface area contributed by atoms with Crippen molar-refractivity contribution in [1.82, 2.24) is 0 Å². The highest BCUT2D eigenvalue weighted by Crippen LogP contribution is 2.26. The molecule has 0 amide bonds. The van der Waals surface area contributed by atoms with E-state index in [4.69, 9.17) is 16.9 Å². The largest absolute Gasteiger partial charge is 0.298 e. The van der Waals surface area contributed by atoms with Crippen molar-refractivity contribution in [1.29, 1.82) is 5.26 Å². The van der Waals surface area contributed by atoms with Gasteiger partial charge in [-0.3, -0.25) is 4.79 Å². The van der Waals surface area contributed by atoms with Crippen LogP contribution in [0.1, 0.15) is 29.0 Å². The van der Waals surface area contributed by atoms with Crippen LogP contribution in [0.5, 0.6) is 0 Å². The molecule has 0 radical (unpaired) electrons. The summed E-state index contributed by atoms with van der Waals surface area (Å²) in [6.07, 6.45) is 0. The predicted octanol–water partition coefficient (Wildman–Crippen LogP) is 2.74. The third-order valence-corrected chi connectivity index (χ3v) is 2.59. The molecule has 14 heavy (non-hydrogen) atoms. The van der Waals surface area contributed by atoms with Crippen LogP contribution in [-0.2, 0) is 4.79 Å². The summed E-state index contributed by atoms with van der Waals surface area (Å²) in [6.45, 7) is 3.24. The fourth-order valence-corrected chi connectivity index (χ4v) is 1.46. The summed E-state index contributed by atoms with van der Waals surface area (Å²) in [4.78, 5) is 11.1. The third kappa shape index (κ3) is 1.94. The Labute approximate surface area is 88.1 Å². The van der Waals surface area contributed by atoms with Crippen LogP contribution in [-0.4, -0.2) is 5.78 Å². The van der Waals surface area contributed by atoms with Crippen LogP contribution in [0.3, 0.4) is 0 Å². The zero-order valence-corrected chi connectivity index (χ0v) is 8.80. The minimum Gasteiger partial charge on any atom is -0.298 e. The molecule has 0 aliphatic carbocycles. The van der Waals surface area contributed by atoms with E-state index < -0.39 is 5.38 Å². The van der Waals surface area contributed by atoms with E-state index in [2.05, 4.69) is 6.07 Å². The zero-order chi connectivity index (χ0) is 10.7. The molecule has 1 unspecified atom stereocenters. The Morgan fingerprint density at radius 3 is 2.71 bits per heavy atom. The Morgan fingerprint density at radius 1 is 1.57 bits per heavy atom. The summed E-state index contributed by atoms with van der Waals surface area (Å²) in [5, 5.41) is 8.19. The molecule has 0 aromatic heterocycles. The van der Waals surface area contributed by atoms with Crippen molar-refractivity contribution in [3.63, 3.8) is 0 Å². The minimum absolute atomic E-state index is 0.145. The first-order valence-corrected chi connectivity index (χ1v) is 4.65. The molecule has 0 fully saturated rings. The van der Waals surface area contributed by atoms with Gasteiger partial charge >= 0.3 is 0 Å². The number of benzene rings is 1. The Bertz CT molecular complexity index is 406. The zero-order valence-electron chi connectivity index (χ0n) is 8.04. The Hall–Kier alpha value is -1.33. The molecule has 0 aliphatic heterocycles. The van der Waals surface area contributed by atoms with Gasteiger partial charge in [0.1, 0.15) is 5.38 Å². The van der Waals surface area contributed by atoms with Crippen molar-refractivity contribution in [2.45, 2.75) is 19.2 Å². The van der Waals surface area contributed by atoms with Gasteiger partial charge in [-0.15, -0.1) is 11.6 Å². The third-order valence-electron chi connectivity index (χ3n) is 2.05. The van der Waals surface area contributed by atoms with E-state index in [0.29, 0.717) is 11.1 Å². The van der Waals surface area contributed by atoms with Gasteiger partial charge in [0.2, 0.25) is 0 Å². The maximum Gasteiger partial charge on any atom is 0.152 e. The van der Waals surface area contributed by atoms with Crippen molar-refractivity contribution >= 4 is 17.4 Å². The molecule has 1 rings (SSSR count). The van der Waals surface area contributed by atoms with E-state index in [1.54, 1.807) is 12.1 Å². The maximum atomic E-state index is 11.1. The van der Waals surface area contributed by atoms with E-state index >= 15 is 0 Å². The van der Waals surface area contributed by atoms with Crippen LogP contribution in [0.25, 0.3) is 0 Å². The summed E-state index contributed by atoms with van der Waals surface area (Å²) in [5.41, 5.74) is 1.95. The van der Waals surface area contributed by atoms with Gasteiger partial charge in [0.05, 0.1) is 11.6 Å². The predicted molar refractivity (Wildman–Crippen MR) is 55.2 cm³/mol. The normalized spacial score (nSPS) is 11.9. The number of carbonyl (C=O) groups excluding carboxylic acids is 1. The van der Waals surface area contributed by atoms with Crippen molar-refractivity contribution in [3.8, 4) is 6.07 Å². The first-order valence-electron chi connectivity index (χ1n) is 4.22. The Morgan fingerprint density at radius 2 is 2.21 bits per heavy atom. The average molecular weight is 208 g/mol. The second-order valence-corrected chi connectivity index (χ2v) is 3.56. The molecular weight excluding hydrogens is 198 g/mol. The first kappa shape index (κ1) is 10.7. The van der Waals surface area contributed by atoms with E-state index in [-0.39, 0.29) is 5.78 Å². The highest BCUT2D eigenvalue weighted by molar-refractivity contribution is 6.31. The SMILES string of the molecule is CC(=O)C(Cl)c1cccc(C)c1C#N. The number of aryl methyl sites for hydroxylation is 1. The quantitative estimate of drug-likeness (QED) is 0.700. The van der Waals surface area contributed by atoms with Gasteiger partial charge in [0, 0.05) is 0 Å². The lowest BCUT2D eigenvalue weighted by Crippen LogP contribution is -2.04. The molecule has 0 saturated carbocycles. The molecule has 0 saturated heterocycles. The number of nitrogens with zero attached hydrogens (tertiary/aromatic N) is 1. The summed E-state index contributed by atoms with van der Waals surface area (Å²) in [5.74, 6) is -0.145. The minimum atomic E-state index is -0.718. The van der Waals surface area contributed by atoms with E-state index in [1.807, 2.05) is 13.0 Å². The molecule has 0 spiro atoms. The lowest BCUT2D eigenvalue weighted by atomic mass is 9.99. The van der Waals surface area contributed by atoms with Crippen molar-refractivity contribution in [2.24, 2.45) is 0 Å². The van der Waals surface area contributed by atoms with Gasteiger partial charge in [-0.05, 0) is 25.0 Å². The number of ketones is 1. The molecule has 1 atom stereocenters. The number of hydrogen-bond donors (Lipinski definition) is 0. The van der Waals surface area contributed by atoms with Crippen LogP contribution < -0.4 is 0 Å². The van der Waals surface area contributed by atoms with E-state index in [1.165, 1.54) is 6.92 Å². The van der Waals surface area contributed by atoms with Crippen molar-refractivity contribution in [3.05, 3.63) is 34.9 Å². The van der Waals surface area contributed by atoms with E-state index in [0.717, 1.165) is 5.56 Å². The number of halogens is 1. The molecule has 2 nitrogen and oxygen atoms in total. The van der Waals surface area contributed by atoms with Gasteiger partial charge < -0.3 is 0 Å². The Balaban J connectivity index is 3.29. The molecule has 1 aromatic carbocycles. The van der Waals surface area contributed by atoms with Crippen LogP contribution in [0, 0.1) is 18.3 Å². The maximum absolute atomic E-state index is 11.1. The average Bonchev–Trinajstić information content (AvgIpc) is 2.16. The lowest BCUT2D eigenvalue weighted by molar-refractivity contribution is -0.116. The summed E-state index contributed by atoms with van der Waals surface area (Å²) >= 11 is 5.90. The van der Waals surface area contributed by atoms with Gasteiger partial charge in [-0.1, -0.05) is 18.2 Å². The summed E-state index contributed by atoms with van der Waals surface area (Å²) in [6, 6.07) is 7.40. The Kier molecular flexibility index (Phi) is 3.27. The van der Waals surface area contributed by atoms with Gasteiger partial charge in [0.15, 0.2) is 5.78 Å². The molecule has 1 aromatic rings. The van der Waals surface area contributed by atoms with Crippen LogP contribution in [0.15, 0.2) is 18.2 Å². The standard InChI is InChI=1S/C11H10ClNO/c1-7-4-3-5-9(10(7)6-13)11(12)8(2)14/h3-5,11H,1-2H3. The van der Waals surface area contributed by atoms with Crippen LogP contribution in [0.4, 0.5) is 0 Å². The summed E-state index contributed by atoms with van der Waals surface area (Å²) in [7, 11) is 0. The van der Waals surface area contributed by atoms with Gasteiger partial charge in [0.25, 0.3) is 0 Å². The topological polar surface area (TPSA) is 40.9 Å². The second-order valence-electron chi connectivity index (χ2n) is 3.12. The fraction of sp³-hybridized carbons (Fsp3) is 0.273. The van der Waals surface area contributed by atoms with Crippen molar-refractivity contribution in [2.75, 3.05) is 0 Å². The monoisotopic (exact) mass is 207 g/mol. The molecule has 0 N–H and O–H groups in total. The number of carbonyl (C=O) groups is 1.